The van der Waals surface area contributed by atoms with Gasteiger partial charge in [-0.15, -0.1) is 0 Å². The molecule has 1 aliphatic heterocycles. The molecule has 2 aliphatic rings. The van der Waals surface area contributed by atoms with Crippen molar-refractivity contribution in [1.29, 1.82) is 5.26 Å². The Morgan fingerprint density at radius 3 is 2.65 bits per heavy atom. The molecule has 0 bridgehead atoms. The van der Waals surface area contributed by atoms with Crippen LogP contribution in [0.5, 0.6) is 5.75 Å². The zero-order valence-electron chi connectivity index (χ0n) is 22.8. The van der Waals surface area contributed by atoms with Gasteiger partial charge in [0.2, 0.25) is 0 Å². The number of carbonyl (C=O) groups is 1. The molecule has 204 valence electrons. The molecule has 1 saturated carbocycles. The van der Waals surface area contributed by atoms with Gasteiger partial charge in [-0.1, -0.05) is 6.07 Å². The van der Waals surface area contributed by atoms with Crippen LogP contribution in [0.25, 0.3) is 16.6 Å². The monoisotopic (exact) mass is 538 g/mol. The fraction of sp³-hybridized carbons (Fsp3) is 0.355. The summed E-state index contributed by atoms with van der Waals surface area (Å²) in [5, 5.41) is 17.1. The lowest BCUT2D eigenvalue weighted by atomic mass is 9.96. The summed E-state index contributed by atoms with van der Waals surface area (Å²) in [7, 11) is 0. The second kappa shape index (κ2) is 9.94. The molecular formula is C31H31FN6O2. The number of nitrogens with one attached hydrogen (secondary N) is 1. The summed E-state index contributed by atoms with van der Waals surface area (Å²) in [6.45, 7) is 8.11. The Balaban J connectivity index is 1.16. The first kappa shape index (κ1) is 25.8. The lowest BCUT2D eigenvalue weighted by Gasteiger charge is -2.29. The van der Waals surface area contributed by atoms with E-state index in [4.69, 9.17) is 9.72 Å². The third-order valence-corrected chi connectivity index (χ3v) is 8.26. The lowest BCUT2D eigenvalue weighted by Crippen LogP contribution is -2.45. The summed E-state index contributed by atoms with van der Waals surface area (Å²) in [6, 6.07) is 12.5. The highest BCUT2D eigenvalue weighted by Crippen LogP contribution is 2.45. The number of pyridine rings is 2. The normalized spacial score (nSPS) is 21.8. The van der Waals surface area contributed by atoms with Crippen LogP contribution in [0, 0.1) is 35.9 Å². The smallest absolute Gasteiger partial charge is 0.252 e. The molecular weight excluding hydrogens is 507 g/mol. The van der Waals surface area contributed by atoms with Crippen molar-refractivity contribution in [3.05, 3.63) is 77.5 Å². The van der Waals surface area contributed by atoms with Gasteiger partial charge in [-0.05, 0) is 81.3 Å². The fourth-order valence-electron chi connectivity index (χ4n) is 6.49. The molecule has 2 fully saturated rings. The average molecular weight is 539 g/mol. The van der Waals surface area contributed by atoms with E-state index in [9.17, 15) is 14.4 Å². The molecule has 4 aromatic rings. The Hall–Kier alpha value is -4.45. The number of anilines is 1. The van der Waals surface area contributed by atoms with Crippen LogP contribution in [0.3, 0.4) is 0 Å². The van der Waals surface area contributed by atoms with Crippen LogP contribution in [0.1, 0.15) is 48.2 Å². The molecule has 0 spiro atoms. The summed E-state index contributed by atoms with van der Waals surface area (Å²) in [4.78, 5) is 20.1. The molecule has 1 aliphatic carbocycles. The zero-order chi connectivity index (χ0) is 28.0. The maximum absolute atomic E-state index is 13.8. The van der Waals surface area contributed by atoms with E-state index in [1.165, 1.54) is 12.1 Å². The quantitative estimate of drug-likeness (QED) is 0.365. The van der Waals surface area contributed by atoms with Gasteiger partial charge in [0.25, 0.3) is 5.91 Å². The zero-order valence-corrected chi connectivity index (χ0v) is 22.8. The van der Waals surface area contributed by atoms with Gasteiger partial charge < -0.3 is 15.0 Å². The van der Waals surface area contributed by atoms with Crippen LogP contribution < -0.4 is 15.0 Å². The van der Waals surface area contributed by atoms with Gasteiger partial charge in [0.15, 0.2) is 0 Å². The Bertz CT molecular complexity index is 1630. The van der Waals surface area contributed by atoms with E-state index in [-0.39, 0.29) is 11.4 Å². The minimum atomic E-state index is -0.402. The predicted molar refractivity (Wildman–Crippen MR) is 150 cm³/mol. The third-order valence-electron chi connectivity index (χ3n) is 8.26. The van der Waals surface area contributed by atoms with Crippen LogP contribution >= 0.6 is 0 Å². The Labute approximate surface area is 232 Å². The molecule has 40 heavy (non-hydrogen) atoms. The molecule has 3 aromatic heterocycles. The number of fused-ring (bicyclic) bond motifs is 2. The topological polar surface area (TPSA) is 95.5 Å². The van der Waals surface area contributed by atoms with Crippen LogP contribution in [0.2, 0.25) is 0 Å². The van der Waals surface area contributed by atoms with Crippen LogP contribution in [-0.2, 0) is 0 Å². The summed E-state index contributed by atoms with van der Waals surface area (Å²) in [5.74, 6) is 1.84. The number of hydrogen-bond donors (Lipinski definition) is 1. The Kier molecular flexibility index (Phi) is 6.41. The van der Waals surface area contributed by atoms with Crippen molar-refractivity contribution < 1.29 is 13.9 Å². The number of carbonyl (C=O) groups excluding carboxylic acids is 1. The minimum absolute atomic E-state index is 0.214. The molecule has 6 rings (SSSR count). The van der Waals surface area contributed by atoms with E-state index in [1.54, 1.807) is 23.0 Å². The number of rotatable bonds is 6. The van der Waals surface area contributed by atoms with Crippen LogP contribution in [-0.4, -0.2) is 45.7 Å². The standard InChI is InChI=1S/C31H31FN6O2/c1-4-40-25-10-27(29-23(13-33)15-35-38(29)18-25)20-6-8-28(34-14-20)37-16-21-11-31(3,12-22(21)17-37)36-30(39)26-9-24(32)7-5-19(26)2/h5-10,14-15,18,21-22H,4,11-12,16-17H2,1-3H3,(H,36,39)/t21-,22+,31?. The number of halogens is 1. The average Bonchev–Trinajstić information content (AvgIpc) is 3.61. The molecule has 1 saturated heterocycles. The van der Waals surface area contributed by atoms with Crippen LogP contribution in [0.15, 0.2) is 55.0 Å². The third kappa shape index (κ3) is 4.64. The molecule has 4 heterocycles. The summed E-state index contributed by atoms with van der Waals surface area (Å²) >= 11 is 0. The SMILES string of the molecule is CCOc1cc(-c2ccc(N3C[C@@H]4CC(C)(NC(=O)c5cc(F)ccc5C)C[C@@H]4C3)nc2)c2c(C#N)cnn2c1. The number of nitrogens with zero attached hydrogens (tertiary/aromatic N) is 5. The van der Waals surface area contributed by atoms with Crippen molar-refractivity contribution in [2.75, 3.05) is 24.6 Å². The van der Waals surface area contributed by atoms with E-state index in [0.29, 0.717) is 35.3 Å². The highest BCUT2D eigenvalue weighted by Gasteiger charge is 2.47. The Morgan fingerprint density at radius 2 is 1.98 bits per heavy atom. The second-order valence-electron chi connectivity index (χ2n) is 11.2. The van der Waals surface area contributed by atoms with Gasteiger partial charge in [0, 0.05) is 41.5 Å². The number of ether oxygens (including phenoxy) is 1. The maximum atomic E-state index is 13.8. The van der Waals surface area contributed by atoms with Gasteiger partial charge >= 0.3 is 0 Å². The number of aromatic nitrogens is 3. The van der Waals surface area contributed by atoms with Crippen molar-refractivity contribution in [2.45, 2.75) is 39.2 Å². The predicted octanol–water partition coefficient (Wildman–Crippen LogP) is 5.15. The summed E-state index contributed by atoms with van der Waals surface area (Å²) in [5.41, 5.74) is 3.79. The van der Waals surface area contributed by atoms with Crippen molar-refractivity contribution in [3.63, 3.8) is 0 Å². The van der Waals surface area contributed by atoms with Gasteiger partial charge in [-0.3, -0.25) is 4.79 Å². The maximum Gasteiger partial charge on any atom is 0.252 e. The summed E-state index contributed by atoms with van der Waals surface area (Å²) in [6.07, 6.45) is 6.92. The number of amides is 1. The van der Waals surface area contributed by atoms with Gasteiger partial charge in [-0.25, -0.2) is 13.9 Å². The summed E-state index contributed by atoms with van der Waals surface area (Å²) < 4.78 is 21.2. The minimum Gasteiger partial charge on any atom is -0.492 e. The Morgan fingerprint density at radius 1 is 1.20 bits per heavy atom. The van der Waals surface area contributed by atoms with Gasteiger partial charge in [0.05, 0.1) is 30.1 Å². The van der Waals surface area contributed by atoms with Crippen molar-refractivity contribution >= 4 is 17.2 Å². The lowest BCUT2D eigenvalue weighted by molar-refractivity contribution is 0.0903. The van der Waals surface area contributed by atoms with Gasteiger partial charge in [0.1, 0.15) is 23.5 Å². The molecule has 9 heteroatoms. The van der Waals surface area contributed by atoms with Gasteiger partial charge in [-0.2, -0.15) is 10.4 Å². The van der Waals surface area contributed by atoms with E-state index in [0.717, 1.165) is 54.0 Å². The first-order chi connectivity index (χ1) is 19.3. The molecule has 1 amide bonds. The fourth-order valence-corrected chi connectivity index (χ4v) is 6.49. The molecule has 1 aromatic carbocycles. The first-order valence-corrected chi connectivity index (χ1v) is 13.6. The molecule has 0 radical (unpaired) electrons. The first-order valence-electron chi connectivity index (χ1n) is 13.6. The molecule has 3 atom stereocenters. The number of benzene rings is 1. The highest BCUT2D eigenvalue weighted by atomic mass is 19.1. The molecule has 1 unspecified atom stereocenters. The highest BCUT2D eigenvalue weighted by molar-refractivity contribution is 5.96. The number of hydrogen-bond acceptors (Lipinski definition) is 6. The van der Waals surface area contributed by atoms with Crippen molar-refractivity contribution in [3.8, 4) is 22.9 Å². The molecule has 1 N–H and O–H groups in total. The van der Waals surface area contributed by atoms with E-state index >= 15 is 0 Å². The second-order valence-corrected chi connectivity index (χ2v) is 11.2. The number of aryl methyl sites for hydroxylation is 1. The number of nitriles is 1. The van der Waals surface area contributed by atoms with Crippen molar-refractivity contribution in [2.24, 2.45) is 11.8 Å². The van der Waals surface area contributed by atoms with Crippen LogP contribution in [0.4, 0.5) is 10.2 Å². The van der Waals surface area contributed by atoms with E-state index in [1.807, 2.05) is 38.2 Å². The van der Waals surface area contributed by atoms with E-state index < -0.39 is 5.82 Å². The molecule has 8 nitrogen and oxygen atoms in total. The van der Waals surface area contributed by atoms with Crippen molar-refractivity contribution in [1.82, 2.24) is 19.9 Å². The van der Waals surface area contributed by atoms with E-state index in [2.05, 4.69) is 28.3 Å². The largest absolute Gasteiger partial charge is 0.492 e.